The molecule has 1 aliphatic heterocycles. The summed E-state index contributed by atoms with van der Waals surface area (Å²) in [5.41, 5.74) is 0.828. The van der Waals surface area contributed by atoms with E-state index < -0.39 is 6.10 Å². The van der Waals surface area contributed by atoms with Gasteiger partial charge >= 0.3 is 0 Å². The third kappa shape index (κ3) is 1.89. The maximum Gasteiger partial charge on any atom is 0.0994 e. The Labute approximate surface area is 77.4 Å². The van der Waals surface area contributed by atoms with E-state index in [1.54, 1.807) is 6.20 Å². The molecule has 0 saturated carbocycles. The van der Waals surface area contributed by atoms with Gasteiger partial charge in [0.25, 0.3) is 0 Å². The van der Waals surface area contributed by atoms with Crippen LogP contribution in [0.5, 0.6) is 0 Å². The standard InChI is InChI=1S/C9H15N3O/c13-9(8-3-5-11-12-8)7-2-1-4-10-6-7/h3,5,7,9-10,13H,1-2,4,6H2,(H,11,12). The fourth-order valence-electron chi connectivity index (χ4n) is 1.83. The lowest BCUT2D eigenvalue weighted by atomic mass is 9.92. The summed E-state index contributed by atoms with van der Waals surface area (Å²) in [5.74, 6) is 0.328. The highest BCUT2D eigenvalue weighted by molar-refractivity contribution is 5.03. The number of aromatic nitrogens is 2. The van der Waals surface area contributed by atoms with Crippen LogP contribution in [0.25, 0.3) is 0 Å². The molecular weight excluding hydrogens is 166 g/mol. The van der Waals surface area contributed by atoms with Gasteiger partial charge in [-0.1, -0.05) is 0 Å². The van der Waals surface area contributed by atoms with Gasteiger partial charge in [-0.2, -0.15) is 5.10 Å². The van der Waals surface area contributed by atoms with Crippen molar-refractivity contribution in [2.75, 3.05) is 13.1 Å². The summed E-state index contributed by atoms with van der Waals surface area (Å²) in [6.07, 6.45) is 3.52. The van der Waals surface area contributed by atoms with Gasteiger partial charge in [0.2, 0.25) is 0 Å². The van der Waals surface area contributed by atoms with Gasteiger partial charge in [0.05, 0.1) is 11.8 Å². The van der Waals surface area contributed by atoms with E-state index in [0.717, 1.165) is 31.6 Å². The lowest BCUT2D eigenvalue weighted by Gasteiger charge is -2.26. The molecular formula is C9H15N3O. The number of nitrogens with one attached hydrogen (secondary N) is 2. The SMILES string of the molecule is OC(c1ccn[nH]1)C1CCCNC1. The summed E-state index contributed by atoms with van der Waals surface area (Å²) in [7, 11) is 0. The van der Waals surface area contributed by atoms with E-state index >= 15 is 0 Å². The number of aliphatic hydroxyl groups is 1. The van der Waals surface area contributed by atoms with Crippen LogP contribution in [0, 0.1) is 5.92 Å². The van der Waals surface area contributed by atoms with Gasteiger partial charge in [-0.25, -0.2) is 0 Å². The summed E-state index contributed by atoms with van der Waals surface area (Å²) in [5, 5.41) is 19.8. The minimum absolute atomic E-state index is 0.328. The largest absolute Gasteiger partial charge is 0.386 e. The first kappa shape index (κ1) is 8.72. The molecule has 1 saturated heterocycles. The minimum atomic E-state index is -0.393. The van der Waals surface area contributed by atoms with Crippen LogP contribution < -0.4 is 5.32 Å². The van der Waals surface area contributed by atoms with Crippen LogP contribution in [0.3, 0.4) is 0 Å². The number of aromatic amines is 1. The van der Waals surface area contributed by atoms with E-state index in [1.165, 1.54) is 0 Å². The predicted octanol–water partition coefficient (Wildman–Crippen LogP) is 0.443. The van der Waals surface area contributed by atoms with Gasteiger partial charge in [0.1, 0.15) is 0 Å². The first-order valence-electron chi connectivity index (χ1n) is 4.76. The molecule has 2 atom stereocenters. The summed E-state index contributed by atoms with van der Waals surface area (Å²) >= 11 is 0. The molecule has 0 amide bonds. The van der Waals surface area contributed by atoms with Crippen LogP contribution >= 0.6 is 0 Å². The van der Waals surface area contributed by atoms with Gasteiger partial charge in [-0.15, -0.1) is 0 Å². The molecule has 1 fully saturated rings. The minimum Gasteiger partial charge on any atom is -0.386 e. The molecule has 0 spiro atoms. The number of nitrogens with zero attached hydrogens (tertiary/aromatic N) is 1. The lowest BCUT2D eigenvalue weighted by molar-refractivity contribution is 0.0883. The smallest absolute Gasteiger partial charge is 0.0994 e. The molecule has 3 N–H and O–H groups in total. The Balaban J connectivity index is 1.99. The van der Waals surface area contributed by atoms with Crippen LogP contribution in [-0.4, -0.2) is 28.4 Å². The molecule has 0 radical (unpaired) electrons. The van der Waals surface area contributed by atoms with E-state index in [1.807, 2.05) is 6.07 Å². The second kappa shape index (κ2) is 3.89. The van der Waals surface area contributed by atoms with E-state index in [0.29, 0.717) is 5.92 Å². The number of hydrogen-bond acceptors (Lipinski definition) is 3. The summed E-state index contributed by atoms with van der Waals surface area (Å²) in [6, 6.07) is 1.83. The summed E-state index contributed by atoms with van der Waals surface area (Å²) in [4.78, 5) is 0. The predicted molar refractivity (Wildman–Crippen MR) is 49.1 cm³/mol. The van der Waals surface area contributed by atoms with E-state index in [2.05, 4.69) is 15.5 Å². The normalized spacial score (nSPS) is 25.8. The molecule has 2 rings (SSSR count). The average molecular weight is 181 g/mol. The summed E-state index contributed by atoms with van der Waals surface area (Å²) in [6.45, 7) is 1.98. The summed E-state index contributed by atoms with van der Waals surface area (Å²) < 4.78 is 0. The van der Waals surface area contributed by atoms with Crippen molar-refractivity contribution in [1.29, 1.82) is 0 Å². The number of H-pyrrole nitrogens is 1. The second-order valence-electron chi connectivity index (χ2n) is 3.56. The fourth-order valence-corrected chi connectivity index (χ4v) is 1.83. The Morgan fingerprint density at radius 1 is 1.62 bits per heavy atom. The van der Waals surface area contributed by atoms with Gasteiger partial charge in [0, 0.05) is 18.7 Å². The van der Waals surface area contributed by atoms with E-state index in [4.69, 9.17) is 0 Å². The molecule has 2 unspecified atom stereocenters. The maximum absolute atomic E-state index is 9.92. The molecule has 1 aliphatic rings. The second-order valence-corrected chi connectivity index (χ2v) is 3.56. The number of rotatable bonds is 2. The zero-order chi connectivity index (χ0) is 9.10. The Morgan fingerprint density at radius 2 is 2.54 bits per heavy atom. The molecule has 13 heavy (non-hydrogen) atoms. The van der Waals surface area contributed by atoms with Crippen LogP contribution in [0.1, 0.15) is 24.6 Å². The Morgan fingerprint density at radius 3 is 3.15 bits per heavy atom. The van der Waals surface area contributed by atoms with Crippen molar-refractivity contribution < 1.29 is 5.11 Å². The van der Waals surface area contributed by atoms with E-state index in [-0.39, 0.29) is 0 Å². The van der Waals surface area contributed by atoms with Crippen LogP contribution in [0.4, 0.5) is 0 Å². The van der Waals surface area contributed by atoms with Gasteiger partial charge in [-0.05, 0) is 25.5 Å². The van der Waals surface area contributed by atoms with Crippen LogP contribution in [0.15, 0.2) is 12.3 Å². The first-order chi connectivity index (χ1) is 6.38. The molecule has 1 aromatic rings. The number of piperidine rings is 1. The monoisotopic (exact) mass is 181 g/mol. The highest BCUT2D eigenvalue weighted by atomic mass is 16.3. The van der Waals surface area contributed by atoms with Crippen molar-refractivity contribution in [2.45, 2.75) is 18.9 Å². The zero-order valence-corrected chi connectivity index (χ0v) is 7.53. The molecule has 72 valence electrons. The lowest BCUT2D eigenvalue weighted by Crippen LogP contribution is -2.33. The third-order valence-electron chi connectivity index (χ3n) is 2.62. The van der Waals surface area contributed by atoms with Crippen molar-refractivity contribution in [3.05, 3.63) is 18.0 Å². The van der Waals surface area contributed by atoms with Gasteiger partial charge < -0.3 is 10.4 Å². The maximum atomic E-state index is 9.92. The molecule has 4 heteroatoms. The quantitative estimate of drug-likeness (QED) is 0.620. The van der Waals surface area contributed by atoms with Gasteiger partial charge in [-0.3, -0.25) is 5.10 Å². The molecule has 4 nitrogen and oxygen atoms in total. The van der Waals surface area contributed by atoms with Crippen molar-refractivity contribution in [3.8, 4) is 0 Å². The number of aliphatic hydroxyl groups excluding tert-OH is 1. The highest BCUT2D eigenvalue weighted by Crippen LogP contribution is 2.25. The van der Waals surface area contributed by atoms with Crippen LogP contribution in [0.2, 0.25) is 0 Å². The molecule has 2 heterocycles. The molecule has 0 aromatic carbocycles. The van der Waals surface area contributed by atoms with Crippen molar-refractivity contribution in [3.63, 3.8) is 0 Å². The van der Waals surface area contributed by atoms with Gasteiger partial charge in [0.15, 0.2) is 0 Å². The molecule has 1 aromatic heterocycles. The van der Waals surface area contributed by atoms with Crippen molar-refractivity contribution >= 4 is 0 Å². The topological polar surface area (TPSA) is 60.9 Å². The van der Waals surface area contributed by atoms with E-state index in [9.17, 15) is 5.11 Å². The van der Waals surface area contributed by atoms with Crippen molar-refractivity contribution in [1.82, 2.24) is 15.5 Å². The Bertz CT molecular complexity index is 241. The first-order valence-corrected chi connectivity index (χ1v) is 4.76. The zero-order valence-electron chi connectivity index (χ0n) is 7.53. The van der Waals surface area contributed by atoms with Crippen molar-refractivity contribution in [2.24, 2.45) is 5.92 Å². The molecule has 0 bridgehead atoms. The third-order valence-corrected chi connectivity index (χ3v) is 2.62. The highest BCUT2D eigenvalue weighted by Gasteiger charge is 2.23. The Hall–Kier alpha value is -0.870. The number of hydrogen-bond donors (Lipinski definition) is 3. The average Bonchev–Trinajstić information content (AvgIpc) is 2.71. The fraction of sp³-hybridized carbons (Fsp3) is 0.667. The molecule has 0 aliphatic carbocycles. The Kier molecular flexibility index (Phi) is 2.61. The van der Waals surface area contributed by atoms with Crippen LogP contribution in [-0.2, 0) is 0 Å².